The summed E-state index contributed by atoms with van der Waals surface area (Å²) in [6, 6.07) is 22.8. The van der Waals surface area contributed by atoms with E-state index in [1.165, 1.54) is 5.57 Å². The summed E-state index contributed by atoms with van der Waals surface area (Å²) in [5.74, 6) is 1.79. The number of hydrogen-bond donors (Lipinski definition) is 1. The van der Waals surface area contributed by atoms with E-state index in [4.69, 9.17) is 23.9 Å². The third-order valence-corrected chi connectivity index (χ3v) is 10.1. The topological polar surface area (TPSA) is 102 Å². The van der Waals surface area contributed by atoms with Gasteiger partial charge in [-0.15, -0.1) is 0 Å². The zero-order valence-electron chi connectivity index (χ0n) is 29.5. The van der Waals surface area contributed by atoms with Crippen LogP contribution in [0.4, 0.5) is 17.1 Å². The van der Waals surface area contributed by atoms with E-state index in [0.29, 0.717) is 52.0 Å². The lowest BCUT2D eigenvalue weighted by atomic mass is 10.0. The Bertz CT molecular complexity index is 2170. The fourth-order valence-corrected chi connectivity index (χ4v) is 7.49. The molecule has 4 aromatic rings. The van der Waals surface area contributed by atoms with Gasteiger partial charge in [-0.25, -0.2) is 0 Å². The van der Waals surface area contributed by atoms with Crippen LogP contribution in [-0.2, 0) is 19.6 Å². The normalized spacial score (nSPS) is 16.9. The number of benzene rings is 4. The first kappa shape index (κ1) is 33.1. The third-order valence-electron chi connectivity index (χ3n) is 10.1. The zero-order chi connectivity index (χ0) is 35.8. The van der Waals surface area contributed by atoms with E-state index in [1.807, 2.05) is 64.5 Å². The highest BCUT2D eigenvalue weighted by atomic mass is 16.5. The molecule has 0 bridgehead atoms. The number of anilines is 2. The Labute approximate surface area is 303 Å². The van der Waals surface area contributed by atoms with Crippen LogP contribution in [0, 0.1) is 0 Å². The molecule has 8 rings (SSSR count). The van der Waals surface area contributed by atoms with E-state index < -0.39 is 0 Å². The standard InChI is InChI=1S/C42H40N4O6/c1-43-33-21-39(37(49-2)19-31(33)41(47)45-16-15-28-11-4-6-13-35(28)45)51-24-26-9-8-10-27(17-26)25-52-40-22-34-32(20-38(40)50-3)42(48)46-30(23-44-34)18-29-12-5-7-14-36(29)46/h5-10,12-14,17,19-23,30,43H,4,11,15-16,18,24-25H2,1-3H3. The summed E-state index contributed by atoms with van der Waals surface area (Å²) in [7, 11) is 4.94. The SMILES string of the molecule is CNc1cc(OCc2cccc(COc3cc4c(cc3OC)C(=O)N3c5ccccc5CC3C=N4)c2)c(OC)cc1C(=O)N1CCC2=C1C=CCC2. The van der Waals surface area contributed by atoms with Crippen molar-refractivity contribution in [2.24, 2.45) is 4.99 Å². The lowest BCUT2D eigenvalue weighted by Gasteiger charge is -2.22. The van der Waals surface area contributed by atoms with Gasteiger partial charge in [0.05, 0.1) is 42.8 Å². The van der Waals surface area contributed by atoms with Crippen LogP contribution >= 0.6 is 0 Å². The average molecular weight is 697 g/mol. The van der Waals surface area contributed by atoms with Gasteiger partial charge in [0.25, 0.3) is 11.8 Å². The van der Waals surface area contributed by atoms with Crippen LogP contribution < -0.4 is 29.2 Å². The zero-order valence-corrected chi connectivity index (χ0v) is 29.5. The van der Waals surface area contributed by atoms with Crippen molar-refractivity contribution in [3.8, 4) is 23.0 Å². The molecular weight excluding hydrogens is 656 g/mol. The van der Waals surface area contributed by atoms with Gasteiger partial charge in [0.15, 0.2) is 23.0 Å². The summed E-state index contributed by atoms with van der Waals surface area (Å²) < 4.78 is 23.9. The second-order valence-electron chi connectivity index (χ2n) is 13.2. The van der Waals surface area contributed by atoms with E-state index in [2.05, 4.69) is 23.5 Å². The molecule has 52 heavy (non-hydrogen) atoms. The quantitative estimate of drug-likeness (QED) is 0.182. The molecule has 4 aliphatic rings. The van der Waals surface area contributed by atoms with Gasteiger partial charge in [-0.2, -0.15) is 0 Å². The van der Waals surface area contributed by atoms with Crippen molar-refractivity contribution < 1.29 is 28.5 Å². The molecular formula is C42H40N4O6. The van der Waals surface area contributed by atoms with Gasteiger partial charge >= 0.3 is 0 Å². The Morgan fingerprint density at radius 1 is 0.885 bits per heavy atom. The van der Waals surface area contributed by atoms with Gasteiger partial charge in [0.2, 0.25) is 0 Å². The number of aliphatic imine (C=N–C) groups is 1. The summed E-state index contributed by atoms with van der Waals surface area (Å²) in [5, 5.41) is 3.18. The Morgan fingerprint density at radius 2 is 1.63 bits per heavy atom. The molecule has 0 saturated carbocycles. The number of methoxy groups -OCH3 is 2. The van der Waals surface area contributed by atoms with Crippen LogP contribution in [0.2, 0.25) is 0 Å². The van der Waals surface area contributed by atoms with Crippen molar-refractivity contribution >= 4 is 35.1 Å². The molecule has 1 aliphatic carbocycles. The predicted molar refractivity (Wildman–Crippen MR) is 201 cm³/mol. The van der Waals surface area contributed by atoms with Gasteiger partial charge in [0.1, 0.15) is 13.2 Å². The largest absolute Gasteiger partial charge is 0.493 e. The molecule has 0 saturated heterocycles. The number of para-hydroxylation sites is 1. The second kappa shape index (κ2) is 13.9. The average Bonchev–Trinajstić information content (AvgIpc) is 3.76. The van der Waals surface area contributed by atoms with Crippen molar-refractivity contribution in [3.63, 3.8) is 0 Å². The van der Waals surface area contributed by atoms with Gasteiger partial charge in [0, 0.05) is 49.7 Å². The molecule has 3 aliphatic heterocycles. The molecule has 1 unspecified atom stereocenters. The highest BCUT2D eigenvalue weighted by Crippen LogP contribution is 2.42. The van der Waals surface area contributed by atoms with Crippen LogP contribution in [0.15, 0.2) is 101 Å². The van der Waals surface area contributed by atoms with Crippen LogP contribution in [0.25, 0.3) is 0 Å². The maximum atomic E-state index is 13.8. The molecule has 0 spiro atoms. The van der Waals surface area contributed by atoms with Gasteiger partial charge < -0.3 is 29.2 Å². The number of allylic oxidation sites excluding steroid dienone is 2. The van der Waals surface area contributed by atoms with E-state index in [1.54, 1.807) is 39.5 Å². The fourth-order valence-electron chi connectivity index (χ4n) is 7.49. The Balaban J connectivity index is 0.962. The van der Waals surface area contributed by atoms with Crippen molar-refractivity contribution in [2.75, 3.05) is 38.0 Å². The lowest BCUT2D eigenvalue weighted by Crippen LogP contribution is -2.37. The van der Waals surface area contributed by atoms with Crippen molar-refractivity contribution in [1.29, 1.82) is 0 Å². The fraction of sp³-hybridized carbons (Fsp3) is 0.262. The summed E-state index contributed by atoms with van der Waals surface area (Å²) in [4.78, 5) is 35.9. The first-order valence-corrected chi connectivity index (χ1v) is 17.6. The molecule has 1 atom stereocenters. The lowest BCUT2D eigenvalue weighted by molar-refractivity contribution is 0.0823. The highest BCUT2D eigenvalue weighted by molar-refractivity contribution is 6.14. The maximum absolute atomic E-state index is 13.8. The summed E-state index contributed by atoms with van der Waals surface area (Å²) in [6.07, 6.45) is 9.72. The van der Waals surface area contributed by atoms with Crippen molar-refractivity contribution in [1.82, 2.24) is 4.90 Å². The molecule has 0 radical (unpaired) electrons. The van der Waals surface area contributed by atoms with E-state index in [0.717, 1.165) is 53.8 Å². The highest BCUT2D eigenvalue weighted by Gasteiger charge is 2.36. The first-order chi connectivity index (χ1) is 25.4. The number of fused-ring (bicyclic) bond motifs is 4. The molecule has 0 aromatic heterocycles. The first-order valence-electron chi connectivity index (χ1n) is 17.6. The van der Waals surface area contributed by atoms with Gasteiger partial charge in [-0.1, -0.05) is 42.5 Å². The Hall–Kier alpha value is -6.03. The van der Waals surface area contributed by atoms with E-state index in [9.17, 15) is 9.59 Å². The molecule has 10 heteroatoms. The van der Waals surface area contributed by atoms with Crippen LogP contribution in [0.3, 0.4) is 0 Å². The maximum Gasteiger partial charge on any atom is 0.261 e. The van der Waals surface area contributed by atoms with Crippen LogP contribution in [0.5, 0.6) is 23.0 Å². The molecule has 1 N–H and O–H groups in total. The molecule has 3 heterocycles. The minimum Gasteiger partial charge on any atom is -0.493 e. The van der Waals surface area contributed by atoms with Gasteiger partial charge in [-0.05, 0) is 71.9 Å². The molecule has 4 aromatic carbocycles. The van der Waals surface area contributed by atoms with Crippen LogP contribution in [0.1, 0.15) is 56.7 Å². The van der Waals surface area contributed by atoms with Gasteiger partial charge in [-0.3, -0.25) is 19.5 Å². The van der Waals surface area contributed by atoms with E-state index in [-0.39, 0.29) is 31.1 Å². The molecule has 264 valence electrons. The number of ether oxygens (including phenoxy) is 4. The monoisotopic (exact) mass is 696 g/mol. The number of amides is 2. The number of rotatable bonds is 10. The van der Waals surface area contributed by atoms with E-state index >= 15 is 0 Å². The third kappa shape index (κ3) is 6.04. The molecule has 10 nitrogen and oxygen atoms in total. The van der Waals surface area contributed by atoms with Crippen LogP contribution in [-0.4, -0.2) is 56.8 Å². The minimum atomic E-state index is -0.141. The second-order valence-corrected chi connectivity index (χ2v) is 13.2. The Morgan fingerprint density at radius 3 is 2.40 bits per heavy atom. The predicted octanol–water partition coefficient (Wildman–Crippen LogP) is 7.64. The van der Waals surface area contributed by atoms with Crippen molar-refractivity contribution in [3.05, 3.63) is 124 Å². The summed E-state index contributed by atoms with van der Waals surface area (Å²) in [6.45, 7) is 1.21. The number of nitrogens with zero attached hydrogens (tertiary/aromatic N) is 3. The summed E-state index contributed by atoms with van der Waals surface area (Å²) >= 11 is 0. The number of nitrogens with one attached hydrogen (secondary N) is 1. The minimum absolute atomic E-state index is 0.0610. The molecule has 0 fully saturated rings. The Kier molecular flexibility index (Phi) is 8.88. The smallest absolute Gasteiger partial charge is 0.261 e. The molecule has 2 amide bonds. The number of carbonyl (C=O) groups is 2. The van der Waals surface area contributed by atoms with Crippen molar-refractivity contribution in [2.45, 2.75) is 44.9 Å². The summed E-state index contributed by atoms with van der Waals surface area (Å²) in [5.41, 5.74) is 8.49. The number of carbonyl (C=O) groups excluding carboxylic acids is 2. The number of hydrogen-bond acceptors (Lipinski definition) is 8.